The molecule has 4 rings (SSSR count). The van der Waals surface area contributed by atoms with E-state index < -0.39 is 15.8 Å². The van der Waals surface area contributed by atoms with Gasteiger partial charge < -0.3 is 5.11 Å². The minimum atomic E-state index is -3.64. The van der Waals surface area contributed by atoms with Crippen LogP contribution >= 0.6 is 15.9 Å². The number of fused-ring (bicyclic) bond motifs is 1. The Kier molecular flexibility index (Phi) is 7.75. The first kappa shape index (κ1) is 26.5. The van der Waals surface area contributed by atoms with Crippen LogP contribution in [-0.2, 0) is 21.2 Å². The van der Waals surface area contributed by atoms with Gasteiger partial charge in [0.05, 0.1) is 22.9 Å². The Hall–Kier alpha value is -3.56. The summed E-state index contributed by atoms with van der Waals surface area (Å²) in [5.74, 6) is -1.59. The Balaban J connectivity index is 1.81. The lowest BCUT2D eigenvalue weighted by atomic mass is 9.95. The average molecular weight is 582 g/mol. The summed E-state index contributed by atoms with van der Waals surface area (Å²) in [5.41, 5.74) is 2.04. The zero-order chi connectivity index (χ0) is 26.7. The van der Waals surface area contributed by atoms with Crippen molar-refractivity contribution in [2.24, 2.45) is 0 Å². The normalized spacial score (nSPS) is 11.5. The molecular weight excluding hydrogens is 558 g/mol. The van der Waals surface area contributed by atoms with Gasteiger partial charge in [0.2, 0.25) is 0 Å². The minimum Gasteiger partial charge on any atom is -0.481 e. The van der Waals surface area contributed by atoms with Crippen LogP contribution in [0.5, 0.6) is 0 Å². The van der Waals surface area contributed by atoms with Crippen molar-refractivity contribution in [1.29, 1.82) is 0 Å². The van der Waals surface area contributed by atoms with E-state index >= 15 is 0 Å². The third-order valence-electron chi connectivity index (χ3n) is 6.06. The summed E-state index contributed by atoms with van der Waals surface area (Å²) in [6.45, 7) is 1.49. The van der Waals surface area contributed by atoms with Crippen molar-refractivity contribution in [1.82, 2.24) is 4.57 Å². The monoisotopic (exact) mass is 581 g/mol. The lowest BCUT2D eigenvalue weighted by Gasteiger charge is -2.19. The first-order valence-corrected chi connectivity index (χ1v) is 14.0. The predicted molar refractivity (Wildman–Crippen MR) is 146 cm³/mol. The number of halogens is 1. The molecule has 7 nitrogen and oxygen atoms in total. The lowest BCUT2D eigenvalue weighted by Crippen LogP contribution is -2.27. The van der Waals surface area contributed by atoms with Crippen LogP contribution in [0.15, 0.2) is 87.0 Å². The highest BCUT2D eigenvalue weighted by Gasteiger charge is 2.22. The molecule has 0 saturated carbocycles. The van der Waals surface area contributed by atoms with E-state index in [0.29, 0.717) is 21.9 Å². The van der Waals surface area contributed by atoms with Crippen molar-refractivity contribution in [2.75, 3.05) is 5.75 Å². The number of carbonyl (C=O) groups is 2. The standard InChI is InChI=1S/C28H24BrNO6S/c1-18(31)27-26(20-6-3-2-4-7-20)24-16-21(29)11-14-23(24)28(34)30(27)17-19-9-12-22(13-10-19)37(35,36)15-5-8-25(32)33/h2-4,6-7,9-14,16H,5,8,15,17H2,1H3,(H,32,33). The molecule has 0 aliphatic rings. The van der Waals surface area contributed by atoms with Crippen LogP contribution in [0.1, 0.15) is 35.8 Å². The topological polar surface area (TPSA) is 111 Å². The largest absolute Gasteiger partial charge is 0.481 e. The highest BCUT2D eigenvalue weighted by Crippen LogP contribution is 2.33. The number of carbonyl (C=O) groups excluding carboxylic acids is 1. The number of hydrogen-bond acceptors (Lipinski definition) is 5. The molecule has 0 amide bonds. The molecule has 0 unspecified atom stereocenters. The molecule has 0 aliphatic heterocycles. The number of carboxylic acid groups (broad SMARTS) is 1. The maximum atomic E-state index is 13.6. The fourth-order valence-electron chi connectivity index (χ4n) is 4.35. The number of Topliss-reactive ketones (excluding diaryl/α,β-unsaturated/α-hetero) is 1. The molecule has 9 heteroatoms. The maximum Gasteiger partial charge on any atom is 0.303 e. The second kappa shape index (κ2) is 10.8. The molecule has 0 fully saturated rings. The number of aliphatic carboxylic acids is 1. The molecule has 0 saturated heterocycles. The third-order valence-corrected chi connectivity index (χ3v) is 8.37. The highest BCUT2D eigenvalue weighted by molar-refractivity contribution is 9.10. The van der Waals surface area contributed by atoms with Crippen LogP contribution in [0.25, 0.3) is 21.9 Å². The number of sulfone groups is 1. The van der Waals surface area contributed by atoms with Crippen LogP contribution in [0.3, 0.4) is 0 Å². The third kappa shape index (κ3) is 5.73. The highest BCUT2D eigenvalue weighted by atomic mass is 79.9. The van der Waals surface area contributed by atoms with Crippen molar-refractivity contribution in [2.45, 2.75) is 31.2 Å². The van der Waals surface area contributed by atoms with Crippen molar-refractivity contribution in [3.8, 4) is 11.1 Å². The molecule has 190 valence electrons. The van der Waals surface area contributed by atoms with E-state index in [9.17, 15) is 22.8 Å². The van der Waals surface area contributed by atoms with Gasteiger partial charge in [-0.2, -0.15) is 0 Å². The van der Waals surface area contributed by atoms with Crippen LogP contribution in [0.4, 0.5) is 0 Å². The zero-order valence-electron chi connectivity index (χ0n) is 20.0. The SMILES string of the molecule is CC(=O)c1c(-c2ccccc2)c2cc(Br)ccc2c(=O)n1Cc1ccc(S(=O)(=O)CCCC(=O)O)cc1. The van der Waals surface area contributed by atoms with E-state index in [1.165, 1.54) is 23.6 Å². The van der Waals surface area contributed by atoms with E-state index in [1.807, 2.05) is 36.4 Å². The molecule has 0 bridgehead atoms. The summed E-state index contributed by atoms with van der Waals surface area (Å²) in [5, 5.41) is 9.89. The van der Waals surface area contributed by atoms with Crippen molar-refractivity contribution in [3.05, 3.63) is 98.9 Å². The molecule has 0 spiro atoms. The lowest BCUT2D eigenvalue weighted by molar-refractivity contribution is -0.137. The van der Waals surface area contributed by atoms with Crippen molar-refractivity contribution >= 4 is 48.3 Å². The molecule has 0 aliphatic carbocycles. The first-order valence-electron chi connectivity index (χ1n) is 11.5. The van der Waals surface area contributed by atoms with E-state index in [4.69, 9.17) is 5.11 Å². The first-order chi connectivity index (χ1) is 17.6. The predicted octanol–water partition coefficient (Wildman–Crippen LogP) is 5.32. The summed E-state index contributed by atoms with van der Waals surface area (Å²) >= 11 is 3.47. The molecule has 3 aromatic carbocycles. The van der Waals surface area contributed by atoms with E-state index in [-0.39, 0.29) is 47.1 Å². The molecular formula is C28H24BrNO6S. The van der Waals surface area contributed by atoms with E-state index in [2.05, 4.69) is 15.9 Å². The molecule has 0 radical (unpaired) electrons. The van der Waals surface area contributed by atoms with Crippen LogP contribution in [-0.4, -0.2) is 35.6 Å². The second-order valence-corrected chi connectivity index (χ2v) is 11.7. The number of benzene rings is 3. The molecule has 0 atom stereocenters. The van der Waals surface area contributed by atoms with Crippen molar-refractivity contribution in [3.63, 3.8) is 0 Å². The molecule has 37 heavy (non-hydrogen) atoms. The zero-order valence-corrected chi connectivity index (χ0v) is 22.4. The number of aromatic nitrogens is 1. The van der Waals surface area contributed by atoms with Gasteiger partial charge in [0.25, 0.3) is 5.56 Å². The van der Waals surface area contributed by atoms with Crippen LogP contribution in [0.2, 0.25) is 0 Å². The molecule has 1 heterocycles. The van der Waals surface area contributed by atoms with Gasteiger partial charge in [-0.15, -0.1) is 0 Å². The number of ketones is 1. The van der Waals surface area contributed by atoms with Gasteiger partial charge in [0.1, 0.15) is 0 Å². The quantitative estimate of drug-likeness (QED) is 0.268. The summed E-state index contributed by atoms with van der Waals surface area (Å²) in [7, 11) is -3.64. The molecule has 4 aromatic rings. The Morgan fingerprint density at radius 1 is 0.946 bits per heavy atom. The van der Waals surface area contributed by atoms with Gasteiger partial charge >= 0.3 is 5.97 Å². The smallest absolute Gasteiger partial charge is 0.303 e. The maximum absolute atomic E-state index is 13.6. The number of rotatable bonds is 9. The van der Waals surface area contributed by atoms with Gasteiger partial charge in [-0.1, -0.05) is 58.4 Å². The van der Waals surface area contributed by atoms with Gasteiger partial charge in [-0.25, -0.2) is 8.42 Å². The van der Waals surface area contributed by atoms with Gasteiger partial charge in [0.15, 0.2) is 15.6 Å². The fourth-order valence-corrected chi connectivity index (χ4v) is 6.02. The van der Waals surface area contributed by atoms with Gasteiger partial charge in [0, 0.05) is 28.8 Å². The second-order valence-electron chi connectivity index (χ2n) is 8.69. The number of carboxylic acids is 1. The molecule has 1 aromatic heterocycles. The summed E-state index contributed by atoms with van der Waals surface area (Å²) in [4.78, 5) is 37.4. The van der Waals surface area contributed by atoms with Gasteiger partial charge in [-0.3, -0.25) is 19.0 Å². The summed E-state index contributed by atoms with van der Waals surface area (Å²) in [6, 6.07) is 20.8. The fraction of sp³-hybridized carbons (Fsp3) is 0.179. The summed E-state index contributed by atoms with van der Waals surface area (Å²) < 4.78 is 27.3. The number of nitrogens with zero attached hydrogens (tertiary/aromatic N) is 1. The summed E-state index contributed by atoms with van der Waals surface area (Å²) in [6.07, 6.45) is -0.206. The van der Waals surface area contributed by atoms with Crippen molar-refractivity contribution < 1.29 is 23.1 Å². The Labute approximate surface area is 222 Å². The van der Waals surface area contributed by atoms with E-state index in [0.717, 1.165) is 10.0 Å². The number of pyridine rings is 1. The Morgan fingerprint density at radius 3 is 2.24 bits per heavy atom. The number of hydrogen-bond donors (Lipinski definition) is 1. The van der Waals surface area contributed by atoms with Gasteiger partial charge in [-0.05, 0) is 53.3 Å². The Bertz CT molecular complexity index is 1660. The average Bonchev–Trinajstić information content (AvgIpc) is 2.85. The minimum absolute atomic E-state index is 0.0201. The van der Waals surface area contributed by atoms with Crippen LogP contribution < -0.4 is 5.56 Å². The molecule has 1 N–H and O–H groups in total. The van der Waals surface area contributed by atoms with E-state index in [1.54, 1.807) is 24.3 Å². The Morgan fingerprint density at radius 2 is 1.62 bits per heavy atom. The van der Waals surface area contributed by atoms with Crippen LogP contribution in [0, 0.1) is 0 Å².